The van der Waals surface area contributed by atoms with Crippen LogP contribution in [0.3, 0.4) is 0 Å². The van der Waals surface area contributed by atoms with E-state index in [0.717, 1.165) is 27.8 Å². The Kier molecular flexibility index (Phi) is 13.0. The summed E-state index contributed by atoms with van der Waals surface area (Å²) in [7, 11) is 0. The quantitative estimate of drug-likeness (QED) is 0.0389. The van der Waals surface area contributed by atoms with Crippen molar-refractivity contribution in [2.24, 2.45) is 10.3 Å². The molecule has 14 heteroatoms. The third-order valence-corrected chi connectivity index (χ3v) is 11.3. The third kappa shape index (κ3) is 9.62. The van der Waals surface area contributed by atoms with Gasteiger partial charge in [0.05, 0.1) is 23.4 Å². The average molecular weight is 869 g/mol. The molecule has 0 saturated heterocycles. The minimum absolute atomic E-state index is 0.0459. The standard InChI is InChI=1S/C50H40N6O7S/c57-44-30-42(55(51-31-35-26-28-41(29-27-35)56(60)61)32-45(44)63-47(36-16-6-1-7-17-36)37-18-8-2-9-19-37)33-62-54-46(48(58)59)43-34-64-49(52-43)53-50(38-20-10-3-11-21-38,39-22-12-4-13-23-39)40-24-14-5-15-25-40/h1-29,31-32,34,42,47H,30,33H2,(H,52,53)(H,58,59). The van der Waals surface area contributed by atoms with Gasteiger partial charge in [0.2, 0.25) is 11.5 Å². The highest BCUT2D eigenvalue weighted by Crippen LogP contribution is 2.41. The summed E-state index contributed by atoms with van der Waals surface area (Å²) >= 11 is 1.22. The van der Waals surface area contributed by atoms with E-state index in [1.54, 1.807) is 17.5 Å². The number of hydrogen-bond acceptors (Lipinski definition) is 12. The maximum Gasteiger partial charge on any atom is 0.360 e. The number of ketones is 1. The number of nitrogens with one attached hydrogen (secondary N) is 1. The SMILES string of the molecule is O=C(O)C(=NOCC1CC(=O)C(OC(c2ccccc2)c2ccccc2)=CN1N=Cc1ccc([N+](=O)[O-])cc1)c1csc(NC(c2ccccc2)(c2ccccc2)c2ccccc2)n1. The summed E-state index contributed by atoms with van der Waals surface area (Å²) in [5, 5.41) is 37.5. The smallest absolute Gasteiger partial charge is 0.360 e. The first-order chi connectivity index (χ1) is 31.3. The largest absolute Gasteiger partial charge is 0.476 e. The zero-order valence-corrected chi connectivity index (χ0v) is 34.9. The number of non-ortho nitro benzene ring substituents is 1. The van der Waals surface area contributed by atoms with Crippen LogP contribution in [0.4, 0.5) is 10.8 Å². The van der Waals surface area contributed by atoms with Gasteiger partial charge in [0, 0.05) is 23.9 Å². The lowest BCUT2D eigenvalue weighted by Gasteiger charge is -2.36. The number of carboxylic acids is 1. The molecule has 0 amide bonds. The number of hydrogen-bond donors (Lipinski definition) is 2. The van der Waals surface area contributed by atoms with Crippen molar-refractivity contribution in [2.75, 3.05) is 11.9 Å². The summed E-state index contributed by atoms with van der Waals surface area (Å²) in [6.45, 7) is -0.251. The number of thiazole rings is 1. The van der Waals surface area contributed by atoms with Crippen LogP contribution in [0.2, 0.25) is 0 Å². The summed E-state index contributed by atoms with van der Waals surface area (Å²) in [6, 6.07) is 53.9. The van der Waals surface area contributed by atoms with Crippen molar-refractivity contribution in [3.63, 3.8) is 0 Å². The van der Waals surface area contributed by atoms with Gasteiger partial charge >= 0.3 is 5.97 Å². The Hall–Kier alpha value is -8.23. The molecule has 0 spiro atoms. The predicted molar refractivity (Wildman–Crippen MR) is 245 cm³/mol. The van der Waals surface area contributed by atoms with Crippen LogP contribution in [0.1, 0.15) is 51.6 Å². The van der Waals surface area contributed by atoms with Crippen LogP contribution in [0, 0.1) is 10.1 Å². The lowest BCUT2D eigenvalue weighted by Crippen LogP contribution is -2.38. The van der Waals surface area contributed by atoms with E-state index < -0.39 is 34.3 Å². The summed E-state index contributed by atoms with van der Waals surface area (Å²) in [4.78, 5) is 47.8. The van der Waals surface area contributed by atoms with Crippen molar-refractivity contribution in [1.29, 1.82) is 0 Å². The number of carboxylic acid groups (broad SMARTS) is 1. The molecule has 1 aromatic heterocycles. The van der Waals surface area contributed by atoms with Crippen LogP contribution < -0.4 is 5.32 Å². The van der Waals surface area contributed by atoms with Gasteiger partial charge in [-0.25, -0.2) is 9.78 Å². The van der Waals surface area contributed by atoms with Gasteiger partial charge in [0.25, 0.3) is 5.69 Å². The monoisotopic (exact) mass is 868 g/mol. The topological polar surface area (TPSA) is 169 Å². The molecule has 0 saturated carbocycles. The Labute approximate surface area is 372 Å². The molecule has 0 radical (unpaired) electrons. The number of allylic oxidation sites excluding steroid dienone is 1. The van der Waals surface area contributed by atoms with Gasteiger partial charge in [-0.1, -0.05) is 157 Å². The van der Waals surface area contributed by atoms with Crippen molar-refractivity contribution in [3.05, 3.63) is 242 Å². The molecule has 2 N–H and O–H groups in total. The molecule has 64 heavy (non-hydrogen) atoms. The fourth-order valence-electron chi connectivity index (χ4n) is 7.36. The second-order valence-electron chi connectivity index (χ2n) is 14.6. The number of benzene rings is 6. The van der Waals surface area contributed by atoms with Crippen LogP contribution in [-0.4, -0.2) is 56.4 Å². The van der Waals surface area contributed by atoms with Gasteiger partial charge in [0.1, 0.15) is 23.9 Å². The normalized spacial score (nSPS) is 14.3. The van der Waals surface area contributed by atoms with Crippen LogP contribution in [0.15, 0.2) is 204 Å². The molecule has 6 aromatic carbocycles. The molecule has 1 unspecified atom stereocenters. The number of nitro benzene ring substituents is 1. The Morgan fingerprint density at radius 2 is 1.34 bits per heavy atom. The highest BCUT2D eigenvalue weighted by atomic mass is 32.1. The van der Waals surface area contributed by atoms with Gasteiger partial charge in [0.15, 0.2) is 10.9 Å². The molecule has 318 valence electrons. The fourth-order valence-corrected chi connectivity index (χ4v) is 8.11. The van der Waals surface area contributed by atoms with Crippen molar-refractivity contribution in [3.8, 4) is 0 Å². The summed E-state index contributed by atoms with van der Waals surface area (Å²) in [6.07, 6.45) is 2.22. The Balaban J connectivity index is 1.07. The predicted octanol–water partition coefficient (Wildman–Crippen LogP) is 9.59. The zero-order chi connectivity index (χ0) is 44.3. The van der Waals surface area contributed by atoms with Gasteiger partial charge in [-0.3, -0.25) is 19.9 Å². The number of carbonyl (C=O) groups excluding carboxylic acids is 1. The highest BCUT2D eigenvalue weighted by molar-refractivity contribution is 7.14. The second-order valence-corrected chi connectivity index (χ2v) is 15.5. The van der Waals surface area contributed by atoms with Crippen molar-refractivity contribution >= 4 is 45.8 Å². The number of Topliss-reactive ketones (excluding diaryl/α,β-unsaturated/α-hetero) is 1. The minimum atomic E-state index is -1.37. The van der Waals surface area contributed by atoms with E-state index in [1.165, 1.54) is 40.9 Å². The molecule has 1 atom stereocenters. The number of nitrogens with zero attached hydrogens (tertiary/aromatic N) is 5. The van der Waals surface area contributed by atoms with Gasteiger partial charge in [-0.05, 0) is 45.5 Å². The van der Waals surface area contributed by atoms with E-state index in [0.29, 0.717) is 10.7 Å². The van der Waals surface area contributed by atoms with Gasteiger partial charge in [-0.2, -0.15) is 5.10 Å². The summed E-state index contributed by atoms with van der Waals surface area (Å²) in [5.74, 6) is -1.65. The molecule has 13 nitrogen and oxygen atoms in total. The molecular formula is C50H40N6O7S. The van der Waals surface area contributed by atoms with Gasteiger partial charge < -0.3 is 20.0 Å². The van der Waals surface area contributed by atoms with E-state index in [2.05, 4.69) is 15.6 Å². The first-order valence-corrected chi connectivity index (χ1v) is 21.1. The number of aliphatic carboxylic acids is 1. The maximum absolute atomic E-state index is 13.8. The first-order valence-electron chi connectivity index (χ1n) is 20.2. The lowest BCUT2D eigenvalue weighted by atomic mass is 9.77. The number of ether oxygens (including phenoxy) is 1. The number of nitro groups is 1. The Bertz CT molecular complexity index is 2650. The van der Waals surface area contributed by atoms with E-state index in [9.17, 15) is 24.8 Å². The van der Waals surface area contributed by atoms with E-state index in [1.807, 2.05) is 152 Å². The van der Waals surface area contributed by atoms with E-state index in [4.69, 9.17) is 14.6 Å². The number of aromatic nitrogens is 1. The lowest BCUT2D eigenvalue weighted by molar-refractivity contribution is -0.384. The van der Waals surface area contributed by atoms with E-state index >= 15 is 0 Å². The molecule has 0 fully saturated rings. The second kappa shape index (κ2) is 19.6. The van der Waals surface area contributed by atoms with Crippen molar-refractivity contribution < 1.29 is 29.2 Å². The first kappa shape index (κ1) is 42.5. The molecule has 2 heterocycles. The molecule has 0 aliphatic carbocycles. The Morgan fingerprint density at radius 3 is 1.84 bits per heavy atom. The van der Waals surface area contributed by atoms with E-state index in [-0.39, 0.29) is 36.0 Å². The Morgan fingerprint density at radius 1 is 0.828 bits per heavy atom. The number of carbonyl (C=O) groups is 2. The third-order valence-electron chi connectivity index (χ3n) is 10.5. The number of rotatable bonds is 17. The molecule has 7 aromatic rings. The molecule has 1 aliphatic heterocycles. The zero-order valence-electron chi connectivity index (χ0n) is 34.1. The van der Waals surface area contributed by atoms with Crippen LogP contribution in [0.25, 0.3) is 0 Å². The minimum Gasteiger partial charge on any atom is -0.476 e. The molecule has 8 rings (SSSR count). The highest BCUT2D eigenvalue weighted by Gasteiger charge is 2.38. The van der Waals surface area contributed by atoms with Crippen molar-refractivity contribution in [2.45, 2.75) is 24.1 Å². The van der Waals surface area contributed by atoms with Crippen molar-refractivity contribution in [1.82, 2.24) is 9.99 Å². The molecular weight excluding hydrogens is 829 g/mol. The summed E-state index contributed by atoms with van der Waals surface area (Å²) < 4.78 is 6.46. The molecule has 1 aliphatic rings. The maximum atomic E-state index is 13.8. The number of hydrazone groups is 1. The molecule has 0 bridgehead atoms. The number of anilines is 1. The van der Waals surface area contributed by atoms with Gasteiger partial charge in [-0.15, -0.1) is 11.3 Å². The average Bonchev–Trinajstić information content (AvgIpc) is 3.80. The van der Waals surface area contributed by atoms with Crippen LogP contribution >= 0.6 is 11.3 Å². The van der Waals surface area contributed by atoms with Crippen LogP contribution in [-0.2, 0) is 24.7 Å². The van der Waals surface area contributed by atoms with Crippen LogP contribution in [0.5, 0.6) is 0 Å². The summed E-state index contributed by atoms with van der Waals surface area (Å²) in [5.41, 5.74) is 3.70. The fraction of sp³-hybridized carbons (Fsp3) is 0.100. The number of oxime groups is 1.